The predicted octanol–water partition coefficient (Wildman–Crippen LogP) is 4.48. The highest BCUT2D eigenvalue weighted by Crippen LogP contribution is 2.40. The minimum Gasteiger partial charge on any atom is -0.326 e. The second-order valence-corrected chi connectivity index (χ2v) is 7.14. The zero-order chi connectivity index (χ0) is 18.1. The first-order valence-corrected chi connectivity index (χ1v) is 8.68. The molecule has 5 heteroatoms. The molecular weight excluding hydrogens is 336 g/mol. The molecule has 1 fully saturated rings. The van der Waals surface area contributed by atoms with Crippen LogP contribution in [-0.4, -0.2) is 11.8 Å². The third-order valence-electron chi connectivity index (χ3n) is 4.55. The first kappa shape index (κ1) is 17.5. The highest BCUT2D eigenvalue weighted by Gasteiger charge is 2.48. The molecule has 25 heavy (non-hydrogen) atoms. The SMILES string of the molecule is Cc1ccc(NC(=O)C2CC2C(=O)Nc2ccc(Cl)cc2C)c(C)c1. The van der Waals surface area contributed by atoms with Crippen LogP contribution in [0.1, 0.15) is 23.1 Å². The lowest BCUT2D eigenvalue weighted by atomic mass is 10.1. The molecule has 4 nitrogen and oxygen atoms in total. The van der Waals surface area contributed by atoms with Crippen LogP contribution in [0.5, 0.6) is 0 Å². The fourth-order valence-electron chi connectivity index (χ4n) is 2.95. The van der Waals surface area contributed by atoms with E-state index in [4.69, 9.17) is 11.6 Å². The topological polar surface area (TPSA) is 58.2 Å². The molecule has 130 valence electrons. The van der Waals surface area contributed by atoms with Gasteiger partial charge in [0, 0.05) is 16.4 Å². The van der Waals surface area contributed by atoms with Gasteiger partial charge in [-0.05, 0) is 62.6 Å². The van der Waals surface area contributed by atoms with Crippen molar-refractivity contribution in [3.8, 4) is 0 Å². The molecule has 3 rings (SSSR count). The molecule has 0 saturated heterocycles. The average Bonchev–Trinajstić information content (AvgIpc) is 3.33. The molecule has 1 aliphatic rings. The van der Waals surface area contributed by atoms with E-state index >= 15 is 0 Å². The number of rotatable bonds is 4. The van der Waals surface area contributed by atoms with Crippen molar-refractivity contribution in [1.82, 2.24) is 0 Å². The molecule has 0 spiro atoms. The molecule has 1 aliphatic carbocycles. The molecule has 0 aliphatic heterocycles. The maximum absolute atomic E-state index is 12.4. The number of nitrogens with one attached hydrogen (secondary N) is 2. The van der Waals surface area contributed by atoms with E-state index < -0.39 is 0 Å². The van der Waals surface area contributed by atoms with E-state index in [0.29, 0.717) is 11.4 Å². The fraction of sp³-hybridized carbons (Fsp3) is 0.300. The lowest BCUT2D eigenvalue weighted by Gasteiger charge is -2.10. The number of amides is 2. The van der Waals surface area contributed by atoms with E-state index in [9.17, 15) is 9.59 Å². The summed E-state index contributed by atoms with van der Waals surface area (Å²) in [6.07, 6.45) is 0.579. The van der Waals surface area contributed by atoms with Gasteiger partial charge in [0.05, 0.1) is 11.8 Å². The van der Waals surface area contributed by atoms with Crippen molar-refractivity contribution in [2.75, 3.05) is 10.6 Å². The van der Waals surface area contributed by atoms with E-state index in [-0.39, 0.29) is 23.7 Å². The molecule has 2 amide bonds. The number of aryl methyl sites for hydroxylation is 3. The van der Waals surface area contributed by atoms with Gasteiger partial charge >= 0.3 is 0 Å². The average molecular weight is 357 g/mol. The maximum atomic E-state index is 12.4. The minimum atomic E-state index is -0.277. The number of hydrogen-bond acceptors (Lipinski definition) is 2. The Morgan fingerprint density at radius 2 is 1.40 bits per heavy atom. The summed E-state index contributed by atoms with van der Waals surface area (Å²) in [6.45, 7) is 5.86. The first-order chi connectivity index (χ1) is 11.8. The Hall–Kier alpha value is -2.33. The Labute approximate surface area is 152 Å². The smallest absolute Gasteiger partial charge is 0.228 e. The van der Waals surface area contributed by atoms with Crippen LogP contribution in [0.2, 0.25) is 5.02 Å². The van der Waals surface area contributed by atoms with Crippen molar-refractivity contribution < 1.29 is 9.59 Å². The van der Waals surface area contributed by atoms with Gasteiger partial charge in [0.15, 0.2) is 0 Å². The van der Waals surface area contributed by atoms with E-state index in [1.54, 1.807) is 18.2 Å². The number of halogens is 1. The third kappa shape index (κ3) is 4.02. The zero-order valence-electron chi connectivity index (χ0n) is 14.5. The largest absolute Gasteiger partial charge is 0.326 e. The Morgan fingerprint density at radius 1 is 0.880 bits per heavy atom. The normalized spacial score (nSPS) is 18.6. The molecule has 2 aromatic rings. The van der Waals surface area contributed by atoms with Gasteiger partial charge in [-0.15, -0.1) is 0 Å². The summed E-state index contributed by atoms with van der Waals surface area (Å²) in [7, 11) is 0. The summed E-state index contributed by atoms with van der Waals surface area (Å²) >= 11 is 5.93. The summed E-state index contributed by atoms with van der Waals surface area (Å²) in [4.78, 5) is 24.7. The van der Waals surface area contributed by atoms with Crippen molar-refractivity contribution in [1.29, 1.82) is 0 Å². The molecule has 2 aromatic carbocycles. The molecule has 0 aromatic heterocycles. The highest BCUT2D eigenvalue weighted by atomic mass is 35.5. The van der Waals surface area contributed by atoms with Crippen molar-refractivity contribution in [3.63, 3.8) is 0 Å². The predicted molar refractivity (Wildman–Crippen MR) is 101 cm³/mol. The molecule has 2 atom stereocenters. The monoisotopic (exact) mass is 356 g/mol. The molecule has 1 saturated carbocycles. The van der Waals surface area contributed by atoms with Crippen LogP contribution >= 0.6 is 11.6 Å². The molecular formula is C20H21ClN2O2. The number of carbonyl (C=O) groups excluding carboxylic acids is 2. The van der Waals surface area contributed by atoms with E-state index in [0.717, 1.165) is 28.1 Å². The number of hydrogen-bond donors (Lipinski definition) is 2. The number of carbonyl (C=O) groups is 2. The van der Waals surface area contributed by atoms with Crippen molar-refractivity contribution in [2.45, 2.75) is 27.2 Å². The quantitative estimate of drug-likeness (QED) is 0.848. The van der Waals surface area contributed by atoms with E-state index in [1.807, 2.05) is 39.0 Å². The molecule has 0 heterocycles. The van der Waals surface area contributed by atoms with Crippen LogP contribution in [0.25, 0.3) is 0 Å². The van der Waals surface area contributed by atoms with Gasteiger partial charge in [0.2, 0.25) is 11.8 Å². The first-order valence-electron chi connectivity index (χ1n) is 8.30. The van der Waals surface area contributed by atoms with Crippen LogP contribution in [0, 0.1) is 32.6 Å². The van der Waals surface area contributed by atoms with Crippen molar-refractivity contribution in [3.05, 3.63) is 58.1 Å². The minimum absolute atomic E-state index is 0.0973. The van der Waals surface area contributed by atoms with Gasteiger partial charge in [-0.25, -0.2) is 0 Å². The summed E-state index contributed by atoms with van der Waals surface area (Å²) in [6, 6.07) is 11.2. The second kappa shape index (κ2) is 6.89. The number of benzene rings is 2. The van der Waals surface area contributed by atoms with Crippen molar-refractivity contribution >= 4 is 34.8 Å². The number of anilines is 2. The van der Waals surface area contributed by atoms with Gasteiger partial charge in [-0.2, -0.15) is 0 Å². The fourth-order valence-corrected chi connectivity index (χ4v) is 3.17. The lowest BCUT2D eigenvalue weighted by molar-refractivity contribution is -0.122. The Morgan fingerprint density at radius 3 is 1.92 bits per heavy atom. The van der Waals surface area contributed by atoms with Crippen LogP contribution in [0.15, 0.2) is 36.4 Å². The maximum Gasteiger partial charge on any atom is 0.228 e. The van der Waals surface area contributed by atoms with Crippen LogP contribution < -0.4 is 10.6 Å². The molecule has 2 unspecified atom stereocenters. The molecule has 0 radical (unpaired) electrons. The lowest BCUT2D eigenvalue weighted by Crippen LogP contribution is -2.21. The second-order valence-electron chi connectivity index (χ2n) is 6.70. The zero-order valence-corrected chi connectivity index (χ0v) is 15.3. The van der Waals surface area contributed by atoms with Crippen LogP contribution in [0.3, 0.4) is 0 Å². The summed E-state index contributed by atoms with van der Waals surface area (Å²) in [5, 5.41) is 6.45. The Balaban J connectivity index is 1.59. The summed E-state index contributed by atoms with van der Waals surface area (Å²) in [5.41, 5.74) is 4.60. The van der Waals surface area contributed by atoms with E-state index in [1.165, 1.54) is 0 Å². The van der Waals surface area contributed by atoms with Gasteiger partial charge in [-0.3, -0.25) is 9.59 Å². The van der Waals surface area contributed by atoms with Gasteiger partial charge in [0.25, 0.3) is 0 Å². The highest BCUT2D eigenvalue weighted by molar-refractivity contribution is 6.30. The Bertz CT molecular complexity index is 778. The van der Waals surface area contributed by atoms with Gasteiger partial charge in [-0.1, -0.05) is 29.3 Å². The van der Waals surface area contributed by atoms with Gasteiger partial charge in [0.1, 0.15) is 0 Å². The van der Waals surface area contributed by atoms with Gasteiger partial charge < -0.3 is 10.6 Å². The van der Waals surface area contributed by atoms with Crippen molar-refractivity contribution in [2.24, 2.45) is 11.8 Å². The summed E-state index contributed by atoms with van der Waals surface area (Å²) < 4.78 is 0. The molecule has 0 bridgehead atoms. The van der Waals surface area contributed by atoms with E-state index in [2.05, 4.69) is 10.6 Å². The van der Waals surface area contributed by atoms with Crippen LogP contribution in [0.4, 0.5) is 11.4 Å². The third-order valence-corrected chi connectivity index (χ3v) is 4.79. The molecule has 2 N–H and O–H groups in total. The standard InChI is InChI=1S/C20H21ClN2O2/c1-11-4-6-17(12(2)8-11)22-19(24)15-10-16(15)20(25)23-18-7-5-14(21)9-13(18)3/h4-9,15-16H,10H2,1-3H3,(H,22,24)(H,23,25). The Kier molecular flexibility index (Phi) is 4.82. The van der Waals surface area contributed by atoms with Crippen LogP contribution in [-0.2, 0) is 9.59 Å². The summed E-state index contributed by atoms with van der Waals surface area (Å²) in [5.74, 6) is -0.764.